The maximum atomic E-state index is 5.37. The summed E-state index contributed by atoms with van der Waals surface area (Å²) in [5.41, 5.74) is 3.48. The summed E-state index contributed by atoms with van der Waals surface area (Å²) in [4.78, 5) is 1.28. The van der Waals surface area contributed by atoms with Crippen LogP contribution in [0.4, 0.5) is 5.69 Å². The van der Waals surface area contributed by atoms with Gasteiger partial charge in [0.25, 0.3) is 0 Å². The fourth-order valence-corrected chi connectivity index (χ4v) is 2.86. The first kappa shape index (κ1) is 14.0. The van der Waals surface area contributed by atoms with Gasteiger partial charge in [-0.3, -0.25) is 0 Å². The number of rotatable bonds is 3. The smallest absolute Gasteiger partial charge is 0.171 e. The van der Waals surface area contributed by atoms with Gasteiger partial charge in [-0.25, -0.2) is 0 Å². The second-order valence-corrected chi connectivity index (χ2v) is 6.04. The number of hydrogen-bond acceptors (Lipinski definition) is 2. The van der Waals surface area contributed by atoms with Crippen molar-refractivity contribution in [2.24, 2.45) is 0 Å². The van der Waals surface area contributed by atoms with E-state index in [-0.39, 0.29) is 6.04 Å². The summed E-state index contributed by atoms with van der Waals surface area (Å²) in [6.45, 7) is 6.27. The molecule has 2 N–H and O–H groups in total. The van der Waals surface area contributed by atoms with E-state index in [2.05, 4.69) is 67.1 Å². The second-order valence-electron chi connectivity index (χ2n) is 4.65. The molecule has 0 saturated heterocycles. The van der Waals surface area contributed by atoms with Crippen LogP contribution in [-0.2, 0) is 0 Å². The van der Waals surface area contributed by atoms with E-state index in [0.29, 0.717) is 5.11 Å². The minimum absolute atomic E-state index is 0.227. The molecule has 0 fully saturated rings. The Morgan fingerprint density at radius 2 is 2.05 bits per heavy atom. The summed E-state index contributed by atoms with van der Waals surface area (Å²) in [7, 11) is 0. The third kappa shape index (κ3) is 3.78. The minimum Gasteiger partial charge on any atom is -0.355 e. The molecule has 2 nitrogen and oxygen atoms in total. The van der Waals surface area contributed by atoms with Crippen molar-refractivity contribution in [2.45, 2.75) is 26.8 Å². The van der Waals surface area contributed by atoms with Crippen molar-refractivity contribution in [2.75, 3.05) is 5.32 Å². The molecule has 0 unspecified atom stereocenters. The molecule has 19 heavy (non-hydrogen) atoms. The summed E-state index contributed by atoms with van der Waals surface area (Å²) in [5, 5.41) is 9.32. The lowest BCUT2D eigenvalue weighted by Gasteiger charge is -2.17. The van der Waals surface area contributed by atoms with Crippen LogP contribution in [0, 0.1) is 13.8 Å². The largest absolute Gasteiger partial charge is 0.355 e. The van der Waals surface area contributed by atoms with E-state index >= 15 is 0 Å². The first-order valence-corrected chi connectivity index (χ1v) is 7.53. The van der Waals surface area contributed by atoms with Gasteiger partial charge in [0.15, 0.2) is 5.11 Å². The summed E-state index contributed by atoms with van der Waals surface area (Å²) in [6.07, 6.45) is 0. The predicted molar refractivity (Wildman–Crippen MR) is 88.0 cm³/mol. The summed E-state index contributed by atoms with van der Waals surface area (Å²) in [6, 6.07) is 10.7. The van der Waals surface area contributed by atoms with Gasteiger partial charge in [-0.15, -0.1) is 11.3 Å². The molecule has 1 heterocycles. The molecule has 1 aromatic heterocycles. The highest BCUT2D eigenvalue weighted by atomic mass is 32.1. The van der Waals surface area contributed by atoms with Gasteiger partial charge in [0.2, 0.25) is 0 Å². The van der Waals surface area contributed by atoms with Gasteiger partial charge >= 0.3 is 0 Å². The van der Waals surface area contributed by atoms with Crippen molar-refractivity contribution >= 4 is 34.4 Å². The third-order valence-corrected chi connectivity index (χ3v) is 4.23. The monoisotopic (exact) mass is 290 g/mol. The van der Waals surface area contributed by atoms with Gasteiger partial charge in [-0.1, -0.05) is 18.2 Å². The first-order valence-electron chi connectivity index (χ1n) is 6.24. The quantitative estimate of drug-likeness (QED) is 0.819. The number of nitrogens with one attached hydrogen (secondary N) is 2. The van der Waals surface area contributed by atoms with E-state index in [1.165, 1.54) is 16.0 Å². The van der Waals surface area contributed by atoms with Crippen LogP contribution in [0.15, 0.2) is 35.7 Å². The Hall–Kier alpha value is -1.39. The number of anilines is 1. The molecule has 2 rings (SSSR count). The molecule has 0 spiro atoms. The average molecular weight is 290 g/mol. The van der Waals surface area contributed by atoms with Crippen LogP contribution < -0.4 is 10.6 Å². The molecule has 0 aliphatic heterocycles. The van der Waals surface area contributed by atoms with Crippen LogP contribution in [0.2, 0.25) is 0 Å². The van der Waals surface area contributed by atoms with Crippen LogP contribution in [0.5, 0.6) is 0 Å². The molecule has 0 saturated carbocycles. The van der Waals surface area contributed by atoms with Crippen LogP contribution in [0.1, 0.15) is 29.0 Å². The van der Waals surface area contributed by atoms with Crippen molar-refractivity contribution in [3.8, 4) is 0 Å². The van der Waals surface area contributed by atoms with Crippen molar-refractivity contribution in [1.82, 2.24) is 5.32 Å². The van der Waals surface area contributed by atoms with Crippen molar-refractivity contribution < 1.29 is 0 Å². The average Bonchev–Trinajstić information content (AvgIpc) is 2.87. The standard InChI is InChI=1S/C15H18N2S2/c1-10-6-7-11(2)13(9-10)17-15(18)16-12(3)14-5-4-8-19-14/h4-9,12H,1-3H3,(H2,16,17,18)/t12-/m1/s1. The molecular weight excluding hydrogens is 272 g/mol. The van der Waals surface area contributed by atoms with E-state index in [0.717, 1.165) is 5.69 Å². The van der Waals surface area contributed by atoms with Crippen LogP contribution in [-0.4, -0.2) is 5.11 Å². The maximum absolute atomic E-state index is 5.37. The van der Waals surface area contributed by atoms with Gasteiger partial charge in [0, 0.05) is 10.6 Å². The van der Waals surface area contributed by atoms with Crippen LogP contribution in [0.3, 0.4) is 0 Å². The Kier molecular flexibility index (Phi) is 4.56. The second kappa shape index (κ2) is 6.17. The summed E-state index contributed by atoms with van der Waals surface area (Å²) < 4.78 is 0. The van der Waals surface area contributed by atoms with Crippen molar-refractivity contribution in [1.29, 1.82) is 0 Å². The van der Waals surface area contributed by atoms with E-state index < -0.39 is 0 Å². The molecule has 0 aliphatic carbocycles. The molecule has 0 radical (unpaired) electrons. The highest BCUT2D eigenvalue weighted by Gasteiger charge is 2.08. The first-order chi connectivity index (χ1) is 9.06. The van der Waals surface area contributed by atoms with Gasteiger partial charge in [-0.05, 0) is 61.6 Å². The lowest BCUT2D eigenvalue weighted by molar-refractivity contribution is 0.737. The lowest BCUT2D eigenvalue weighted by atomic mass is 10.1. The number of benzene rings is 1. The summed E-state index contributed by atoms with van der Waals surface area (Å²) >= 11 is 7.11. The topological polar surface area (TPSA) is 24.1 Å². The van der Waals surface area contributed by atoms with E-state index in [4.69, 9.17) is 12.2 Å². The fourth-order valence-electron chi connectivity index (χ4n) is 1.83. The van der Waals surface area contributed by atoms with E-state index in [9.17, 15) is 0 Å². The lowest BCUT2D eigenvalue weighted by Crippen LogP contribution is -2.30. The third-order valence-electron chi connectivity index (χ3n) is 2.96. The Morgan fingerprint density at radius 3 is 2.74 bits per heavy atom. The van der Waals surface area contributed by atoms with Gasteiger partial charge < -0.3 is 10.6 Å². The zero-order valence-corrected chi connectivity index (χ0v) is 13.0. The number of hydrogen-bond donors (Lipinski definition) is 2. The van der Waals surface area contributed by atoms with Crippen molar-refractivity contribution in [3.63, 3.8) is 0 Å². The number of thiophene rings is 1. The van der Waals surface area contributed by atoms with Gasteiger partial charge in [-0.2, -0.15) is 0 Å². The predicted octanol–water partition coefficient (Wildman–Crippen LogP) is 4.41. The number of thiocarbonyl (C=S) groups is 1. The molecule has 2 aromatic rings. The molecule has 0 amide bonds. The molecule has 4 heteroatoms. The highest BCUT2D eigenvalue weighted by molar-refractivity contribution is 7.80. The van der Waals surface area contributed by atoms with E-state index in [1.807, 2.05) is 0 Å². The molecule has 100 valence electrons. The zero-order chi connectivity index (χ0) is 13.8. The molecule has 0 bridgehead atoms. The van der Waals surface area contributed by atoms with E-state index in [1.54, 1.807) is 11.3 Å². The zero-order valence-electron chi connectivity index (χ0n) is 11.4. The SMILES string of the molecule is Cc1ccc(C)c(NC(=S)N[C@H](C)c2cccs2)c1. The maximum Gasteiger partial charge on any atom is 0.171 e. The van der Waals surface area contributed by atoms with Gasteiger partial charge in [0.1, 0.15) is 0 Å². The normalized spacial score (nSPS) is 11.9. The Morgan fingerprint density at radius 1 is 1.26 bits per heavy atom. The fraction of sp³-hybridized carbons (Fsp3) is 0.267. The van der Waals surface area contributed by atoms with Crippen LogP contribution in [0.25, 0.3) is 0 Å². The molecule has 1 aromatic carbocycles. The summed E-state index contributed by atoms with van der Waals surface area (Å²) in [5.74, 6) is 0. The molecule has 1 atom stereocenters. The Labute approximate surface area is 123 Å². The Bertz CT molecular complexity index is 562. The van der Waals surface area contributed by atoms with Gasteiger partial charge in [0.05, 0.1) is 6.04 Å². The molecule has 0 aliphatic rings. The highest BCUT2D eigenvalue weighted by Crippen LogP contribution is 2.19. The van der Waals surface area contributed by atoms with Crippen LogP contribution >= 0.6 is 23.6 Å². The Balaban J connectivity index is 1.99. The van der Waals surface area contributed by atoms with Crippen molar-refractivity contribution in [3.05, 3.63) is 51.7 Å². The number of aryl methyl sites for hydroxylation is 2. The molecular formula is C15H18N2S2. The minimum atomic E-state index is 0.227.